The van der Waals surface area contributed by atoms with E-state index < -0.39 is 12.0 Å². The molecule has 0 radical (unpaired) electrons. The first kappa shape index (κ1) is 18.5. The van der Waals surface area contributed by atoms with Crippen LogP contribution in [0.15, 0.2) is 30.5 Å². The SMILES string of the molecule is CC(C)C(Cc1c[nH]c2ccccc12)CC(N)C(O)CCC(N)=O. The average Bonchev–Trinajstić information content (AvgIpc) is 2.94. The summed E-state index contributed by atoms with van der Waals surface area (Å²) in [7, 11) is 0. The molecule has 5 heteroatoms. The van der Waals surface area contributed by atoms with Crippen LogP contribution in [0.1, 0.15) is 38.7 Å². The highest BCUT2D eigenvalue weighted by Crippen LogP contribution is 2.27. The molecule has 0 aliphatic carbocycles. The highest BCUT2D eigenvalue weighted by molar-refractivity contribution is 5.83. The number of nitrogens with two attached hydrogens (primary N) is 2. The monoisotopic (exact) mass is 331 g/mol. The first-order valence-corrected chi connectivity index (χ1v) is 8.65. The number of H-pyrrole nitrogens is 1. The van der Waals surface area contributed by atoms with E-state index in [1.54, 1.807) is 0 Å². The fourth-order valence-corrected chi connectivity index (χ4v) is 3.19. The van der Waals surface area contributed by atoms with Crippen molar-refractivity contribution in [3.05, 3.63) is 36.0 Å². The van der Waals surface area contributed by atoms with Gasteiger partial charge in [0.2, 0.25) is 5.91 Å². The van der Waals surface area contributed by atoms with Crippen LogP contribution in [0, 0.1) is 11.8 Å². The van der Waals surface area contributed by atoms with Gasteiger partial charge in [-0.1, -0.05) is 32.0 Å². The van der Waals surface area contributed by atoms with Crippen molar-refractivity contribution in [2.75, 3.05) is 0 Å². The van der Waals surface area contributed by atoms with Gasteiger partial charge in [-0.25, -0.2) is 0 Å². The van der Waals surface area contributed by atoms with Crippen LogP contribution in [0.4, 0.5) is 0 Å². The van der Waals surface area contributed by atoms with Crippen molar-refractivity contribution in [1.29, 1.82) is 0 Å². The summed E-state index contributed by atoms with van der Waals surface area (Å²) in [5.74, 6) is 0.413. The molecule has 0 saturated carbocycles. The molecule has 1 heterocycles. The molecule has 5 nitrogen and oxygen atoms in total. The average molecular weight is 331 g/mol. The normalized spacial score (nSPS) is 15.5. The molecular formula is C19H29N3O2. The van der Waals surface area contributed by atoms with Crippen molar-refractivity contribution in [3.63, 3.8) is 0 Å². The molecule has 3 unspecified atom stereocenters. The van der Waals surface area contributed by atoms with Crippen LogP contribution in [0.25, 0.3) is 10.9 Å². The number of amides is 1. The summed E-state index contributed by atoms with van der Waals surface area (Å²) in [6.45, 7) is 4.37. The first-order valence-electron chi connectivity index (χ1n) is 8.65. The van der Waals surface area contributed by atoms with Gasteiger partial charge in [-0.15, -0.1) is 0 Å². The Morgan fingerprint density at radius 2 is 2.00 bits per heavy atom. The Kier molecular flexibility index (Phi) is 6.40. The molecule has 0 aliphatic heterocycles. The first-order chi connectivity index (χ1) is 11.4. The summed E-state index contributed by atoms with van der Waals surface area (Å²) in [6.07, 6.45) is 3.50. The Hall–Kier alpha value is -1.85. The van der Waals surface area contributed by atoms with Gasteiger partial charge in [0.15, 0.2) is 0 Å². The summed E-state index contributed by atoms with van der Waals surface area (Å²) in [6, 6.07) is 7.92. The summed E-state index contributed by atoms with van der Waals surface area (Å²) in [5, 5.41) is 11.4. The highest BCUT2D eigenvalue weighted by Gasteiger charge is 2.23. The largest absolute Gasteiger partial charge is 0.391 e. The summed E-state index contributed by atoms with van der Waals surface area (Å²) in [4.78, 5) is 14.2. The molecule has 6 N–H and O–H groups in total. The number of hydrogen-bond donors (Lipinski definition) is 4. The number of aromatic nitrogens is 1. The molecule has 24 heavy (non-hydrogen) atoms. The molecule has 2 rings (SSSR count). The fourth-order valence-electron chi connectivity index (χ4n) is 3.19. The summed E-state index contributed by atoms with van der Waals surface area (Å²) < 4.78 is 0. The smallest absolute Gasteiger partial charge is 0.217 e. The lowest BCUT2D eigenvalue weighted by molar-refractivity contribution is -0.118. The molecule has 0 aliphatic rings. The molecule has 0 bridgehead atoms. The van der Waals surface area contributed by atoms with E-state index in [-0.39, 0.29) is 12.5 Å². The van der Waals surface area contributed by atoms with Gasteiger partial charge >= 0.3 is 0 Å². The van der Waals surface area contributed by atoms with Crippen LogP contribution in [-0.4, -0.2) is 28.1 Å². The molecule has 1 aromatic carbocycles. The fraction of sp³-hybridized carbons (Fsp3) is 0.526. The second-order valence-corrected chi connectivity index (χ2v) is 7.04. The number of aliphatic hydroxyl groups excluding tert-OH is 1. The van der Waals surface area contributed by atoms with Gasteiger partial charge in [0.05, 0.1) is 6.10 Å². The zero-order valence-corrected chi connectivity index (χ0v) is 14.5. The van der Waals surface area contributed by atoms with E-state index in [1.165, 1.54) is 10.9 Å². The van der Waals surface area contributed by atoms with Gasteiger partial charge in [-0.3, -0.25) is 4.79 Å². The van der Waals surface area contributed by atoms with Gasteiger partial charge in [-0.05, 0) is 42.7 Å². The predicted molar refractivity (Wildman–Crippen MR) is 97.4 cm³/mol. The summed E-state index contributed by atoms with van der Waals surface area (Å²) >= 11 is 0. The van der Waals surface area contributed by atoms with Gasteiger partial charge in [0.25, 0.3) is 0 Å². The second-order valence-electron chi connectivity index (χ2n) is 7.04. The van der Waals surface area contributed by atoms with E-state index in [0.717, 1.165) is 18.4 Å². The van der Waals surface area contributed by atoms with E-state index in [2.05, 4.69) is 37.2 Å². The van der Waals surface area contributed by atoms with Crippen LogP contribution in [0.5, 0.6) is 0 Å². The van der Waals surface area contributed by atoms with E-state index in [1.807, 2.05) is 12.1 Å². The molecule has 3 atom stereocenters. The number of benzene rings is 1. The number of para-hydroxylation sites is 1. The third-order valence-electron chi connectivity index (χ3n) is 4.86. The third-order valence-corrected chi connectivity index (χ3v) is 4.86. The van der Waals surface area contributed by atoms with Crippen molar-refractivity contribution < 1.29 is 9.90 Å². The molecule has 1 amide bonds. The number of aromatic amines is 1. The Balaban J connectivity index is 2.02. The number of aliphatic hydroxyl groups is 1. The lowest BCUT2D eigenvalue weighted by Gasteiger charge is -2.27. The van der Waals surface area contributed by atoms with Gasteiger partial charge in [0.1, 0.15) is 0 Å². The molecule has 0 spiro atoms. The molecule has 2 aromatic rings. The highest BCUT2D eigenvalue weighted by atomic mass is 16.3. The minimum Gasteiger partial charge on any atom is -0.391 e. The number of nitrogens with one attached hydrogen (secondary N) is 1. The van der Waals surface area contributed by atoms with Crippen LogP contribution < -0.4 is 11.5 Å². The van der Waals surface area contributed by atoms with Crippen molar-refractivity contribution in [2.24, 2.45) is 23.3 Å². The van der Waals surface area contributed by atoms with Crippen LogP contribution in [0.2, 0.25) is 0 Å². The standard InChI is InChI=1S/C19H29N3O2/c1-12(2)13(10-16(20)18(23)7-8-19(21)24)9-14-11-22-17-6-4-3-5-15(14)17/h3-6,11-13,16,18,22-23H,7-10,20H2,1-2H3,(H2,21,24). The molecule has 1 aromatic heterocycles. The maximum atomic E-state index is 10.9. The lowest BCUT2D eigenvalue weighted by atomic mass is 9.82. The van der Waals surface area contributed by atoms with Gasteiger partial charge < -0.3 is 21.6 Å². The molecule has 0 fully saturated rings. The topological polar surface area (TPSA) is 105 Å². The van der Waals surface area contributed by atoms with E-state index in [9.17, 15) is 9.90 Å². The Morgan fingerprint density at radius 3 is 2.67 bits per heavy atom. The minimum absolute atomic E-state index is 0.170. The van der Waals surface area contributed by atoms with E-state index in [0.29, 0.717) is 18.3 Å². The van der Waals surface area contributed by atoms with Crippen molar-refractivity contribution >= 4 is 16.8 Å². The molecule has 0 saturated heterocycles. The van der Waals surface area contributed by atoms with Crippen molar-refractivity contribution in [1.82, 2.24) is 4.98 Å². The molecular weight excluding hydrogens is 302 g/mol. The quantitative estimate of drug-likeness (QED) is 0.566. The number of hydrogen-bond acceptors (Lipinski definition) is 3. The minimum atomic E-state index is -0.693. The van der Waals surface area contributed by atoms with E-state index in [4.69, 9.17) is 11.5 Å². The molecule has 132 valence electrons. The third kappa shape index (κ3) is 4.82. The predicted octanol–water partition coefficient (Wildman–Crippen LogP) is 2.33. The number of carbonyl (C=O) groups excluding carboxylic acids is 1. The zero-order valence-electron chi connectivity index (χ0n) is 14.5. The van der Waals surface area contributed by atoms with Gasteiger partial charge in [-0.2, -0.15) is 0 Å². The number of carbonyl (C=O) groups is 1. The Bertz CT molecular complexity index is 665. The number of primary amides is 1. The maximum Gasteiger partial charge on any atom is 0.217 e. The van der Waals surface area contributed by atoms with Crippen LogP contribution in [-0.2, 0) is 11.2 Å². The number of rotatable bonds is 9. The van der Waals surface area contributed by atoms with Crippen LogP contribution in [0.3, 0.4) is 0 Å². The Labute approximate surface area is 143 Å². The number of fused-ring (bicyclic) bond motifs is 1. The van der Waals surface area contributed by atoms with Crippen molar-refractivity contribution in [3.8, 4) is 0 Å². The van der Waals surface area contributed by atoms with E-state index >= 15 is 0 Å². The maximum absolute atomic E-state index is 10.9. The van der Waals surface area contributed by atoms with Crippen molar-refractivity contribution in [2.45, 2.75) is 51.7 Å². The Morgan fingerprint density at radius 1 is 1.29 bits per heavy atom. The van der Waals surface area contributed by atoms with Crippen LogP contribution >= 0.6 is 0 Å². The zero-order chi connectivity index (χ0) is 17.7. The summed E-state index contributed by atoms with van der Waals surface area (Å²) in [5.41, 5.74) is 13.7. The lowest BCUT2D eigenvalue weighted by Crippen LogP contribution is -2.38. The second kappa shape index (κ2) is 8.31. The van der Waals surface area contributed by atoms with Gasteiger partial charge in [0, 0.05) is 29.6 Å².